The number of rotatable bonds is 8. The number of benzene rings is 2. The summed E-state index contributed by atoms with van der Waals surface area (Å²) in [5, 5.41) is 4.26. The number of halogens is 3. The number of anilines is 1. The molecule has 0 unspecified atom stereocenters. The third-order valence-electron chi connectivity index (χ3n) is 4.16. The van der Waals surface area contributed by atoms with Crippen LogP contribution in [0.25, 0.3) is 0 Å². The molecule has 0 aliphatic carbocycles. The molecular formula is C19H20F3N3O4S. The van der Waals surface area contributed by atoms with Crippen molar-refractivity contribution in [2.75, 3.05) is 25.0 Å². The monoisotopic (exact) mass is 443 g/mol. The summed E-state index contributed by atoms with van der Waals surface area (Å²) in [5.41, 5.74) is -0.587. The van der Waals surface area contributed by atoms with Crippen LogP contribution in [0.3, 0.4) is 0 Å². The van der Waals surface area contributed by atoms with Gasteiger partial charge < -0.3 is 10.6 Å². The number of carbonyl (C=O) groups is 2. The first kappa shape index (κ1) is 23.4. The summed E-state index contributed by atoms with van der Waals surface area (Å²) in [5.74, 6) is -6.34. The Morgan fingerprint density at radius 1 is 1.00 bits per heavy atom. The largest absolute Gasteiger partial charge is 0.343 e. The summed E-state index contributed by atoms with van der Waals surface area (Å²) >= 11 is 0. The van der Waals surface area contributed by atoms with Gasteiger partial charge in [-0.05, 0) is 30.3 Å². The molecule has 11 heteroatoms. The molecule has 0 aliphatic heterocycles. The van der Waals surface area contributed by atoms with Gasteiger partial charge >= 0.3 is 0 Å². The molecule has 0 radical (unpaired) electrons. The van der Waals surface area contributed by atoms with E-state index < -0.39 is 51.5 Å². The van der Waals surface area contributed by atoms with Crippen molar-refractivity contribution < 1.29 is 31.2 Å². The van der Waals surface area contributed by atoms with E-state index in [0.717, 1.165) is 6.07 Å². The van der Waals surface area contributed by atoms with Crippen LogP contribution in [0.2, 0.25) is 0 Å². The van der Waals surface area contributed by atoms with E-state index >= 15 is 0 Å². The molecule has 0 bridgehead atoms. The van der Waals surface area contributed by atoms with Gasteiger partial charge in [0.25, 0.3) is 5.91 Å². The van der Waals surface area contributed by atoms with Crippen LogP contribution in [0.15, 0.2) is 41.3 Å². The molecular weight excluding hydrogens is 423 g/mol. The first-order valence-corrected chi connectivity index (χ1v) is 10.4. The van der Waals surface area contributed by atoms with Crippen molar-refractivity contribution >= 4 is 27.5 Å². The topological polar surface area (TPSA) is 95.6 Å². The van der Waals surface area contributed by atoms with Crippen LogP contribution in [0.4, 0.5) is 18.9 Å². The Bertz CT molecular complexity index is 1060. The molecule has 0 fully saturated rings. The van der Waals surface area contributed by atoms with Gasteiger partial charge in [0.05, 0.1) is 17.1 Å². The van der Waals surface area contributed by atoms with E-state index in [4.69, 9.17) is 0 Å². The van der Waals surface area contributed by atoms with Crippen LogP contribution >= 0.6 is 0 Å². The second-order valence-electron chi connectivity index (χ2n) is 6.07. The molecule has 162 valence electrons. The molecule has 7 nitrogen and oxygen atoms in total. The maximum atomic E-state index is 13.6. The third-order valence-corrected chi connectivity index (χ3v) is 6.20. The van der Waals surface area contributed by atoms with Gasteiger partial charge in [0.1, 0.15) is 0 Å². The van der Waals surface area contributed by atoms with Gasteiger partial charge in [0.2, 0.25) is 15.9 Å². The van der Waals surface area contributed by atoms with E-state index in [-0.39, 0.29) is 23.5 Å². The predicted octanol–water partition coefficient (Wildman–Crippen LogP) is 2.50. The fourth-order valence-electron chi connectivity index (χ4n) is 2.59. The summed E-state index contributed by atoms with van der Waals surface area (Å²) in [6.45, 7) is 3.29. The normalized spacial score (nSPS) is 11.4. The highest BCUT2D eigenvalue weighted by Crippen LogP contribution is 2.19. The minimum Gasteiger partial charge on any atom is -0.343 e. The summed E-state index contributed by atoms with van der Waals surface area (Å²) in [6.07, 6.45) is 0. The molecule has 2 aromatic rings. The van der Waals surface area contributed by atoms with E-state index in [1.165, 1.54) is 28.6 Å². The molecule has 2 rings (SSSR count). The Hall–Kier alpha value is -2.92. The zero-order chi connectivity index (χ0) is 22.5. The van der Waals surface area contributed by atoms with Crippen LogP contribution in [0.1, 0.15) is 24.2 Å². The van der Waals surface area contributed by atoms with Crippen molar-refractivity contribution in [3.05, 3.63) is 59.4 Å². The quantitative estimate of drug-likeness (QED) is 0.613. The Morgan fingerprint density at radius 2 is 1.67 bits per heavy atom. The SMILES string of the molecule is CCN(CC)S(=O)(=O)c1cccc(C(=O)NCC(=O)Nc2ccc(F)c(F)c2F)c1. The first-order valence-electron chi connectivity index (χ1n) is 8.93. The van der Waals surface area contributed by atoms with Gasteiger partial charge in [-0.25, -0.2) is 21.6 Å². The lowest BCUT2D eigenvalue weighted by molar-refractivity contribution is -0.115. The number of nitrogens with one attached hydrogen (secondary N) is 2. The minimum absolute atomic E-state index is 0.00459. The van der Waals surface area contributed by atoms with Crippen LogP contribution in [0.5, 0.6) is 0 Å². The second-order valence-corrected chi connectivity index (χ2v) is 8.01. The number of hydrogen-bond acceptors (Lipinski definition) is 4. The number of nitrogens with zero attached hydrogens (tertiary/aromatic N) is 1. The summed E-state index contributed by atoms with van der Waals surface area (Å²) in [6, 6.07) is 6.77. The van der Waals surface area contributed by atoms with Gasteiger partial charge in [0.15, 0.2) is 17.5 Å². The smallest absolute Gasteiger partial charge is 0.251 e. The number of amides is 2. The number of hydrogen-bond donors (Lipinski definition) is 2. The average Bonchev–Trinajstić information content (AvgIpc) is 2.73. The van der Waals surface area contributed by atoms with Crippen molar-refractivity contribution in [3.63, 3.8) is 0 Å². The Morgan fingerprint density at radius 3 is 2.30 bits per heavy atom. The van der Waals surface area contributed by atoms with E-state index in [2.05, 4.69) is 5.32 Å². The summed E-state index contributed by atoms with van der Waals surface area (Å²) in [4.78, 5) is 24.1. The van der Waals surface area contributed by atoms with Gasteiger partial charge in [-0.3, -0.25) is 9.59 Å². The fraction of sp³-hybridized carbons (Fsp3) is 0.263. The van der Waals surface area contributed by atoms with Crippen molar-refractivity contribution in [2.45, 2.75) is 18.7 Å². The summed E-state index contributed by atoms with van der Waals surface area (Å²) in [7, 11) is -3.78. The van der Waals surface area contributed by atoms with Gasteiger partial charge in [-0.2, -0.15) is 4.31 Å². The van der Waals surface area contributed by atoms with Crippen molar-refractivity contribution in [2.24, 2.45) is 0 Å². The zero-order valence-electron chi connectivity index (χ0n) is 16.2. The molecule has 0 saturated heterocycles. The highest BCUT2D eigenvalue weighted by atomic mass is 32.2. The Labute approximate surface area is 171 Å². The van der Waals surface area contributed by atoms with E-state index in [0.29, 0.717) is 6.07 Å². The molecule has 0 aliphatic rings. The summed E-state index contributed by atoms with van der Waals surface area (Å²) < 4.78 is 66.1. The lowest BCUT2D eigenvalue weighted by atomic mass is 10.2. The number of sulfonamides is 1. The fourth-order valence-corrected chi connectivity index (χ4v) is 4.09. The van der Waals surface area contributed by atoms with Crippen LogP contribution < -0.4 is 10.6 Å². The average molecular weight is 443 g/mol. The van der Waals surface area contributed by atoms with Crippen LogP contribution in [0, 0.1) is 17.5 Å². The molecule has 0 atom stereocenters. The molecule has 0 heterocycles. The lowest BCUT2D eigenvalue weighted by Crippen LogP contribution is -2.33. The third kappa shape index (κ3) is 5.16. The van der Waals surface area contributed by atoms with Crippen LogP contribution in [-0.4, -0.2) is 44.2 Å². The van der Waals surface area contributed by atoms with Crippen LogP contribution in [-0.2, 0) is 14.8 Å². The maximum Gasteiger partial charge on any atom is 0.251 e. The molecule has 2 amide bonds. The van der Waals surface area contributed by atoms with Crippen molar-refractivity contribution in [3.8, 4) is 0 Å². The van der Waals surface area contributed by atoms with E-state index in [1.807, 2.05) is 5.32 Å². The molecule has 30 heavy (non-hydrogen) atoms. The van der Waals surface area contributed by atoms with Gasteiger partial charge in [-0.1, -0.05) is 19.9 Å². The van der Waals surface area contributed by atoms with Crippen molar-refractivity contribution in [1.82, 2.24) is 9.62 Å². The molecule has 2 aromatic carbocycles. The second kappa shape index (κ2) is 9.72. The highest BCUT2D eigenvalue weighted by Gasteiger charge is 2.22. The number of carbonyl (C=O) groups excluding carboxylic acids is 2. The predicted molar refractivity (Wildman–Crippen MR) is 104 cm³/mol. The molecule has 0 spiro atoms. The molecule has 0 saturated carbocycles. The lowest BCUT2D eigenvalue weighted by Gasteiger charge is -2.18. The standard InChI is InChI=1S/C19H20F3N3O4S/c1-3-25(4-2)30(28,29)13-7-5-6-12(10-13)19(27)23-11-16(26)24-15-9-8-14(20)17(21)18(15)22/h5-10H,3-4,11H2,1-2H3,(H,23,27)(H,24,26). The van der Waals surface area contributed by atoms with Crippen molar-refractivity contribution in [1.29, 1.82) is 0 Å². The van der Waals surface area contributed by atoms with Gasteiger partial charge in [-0.15, -0.1) is 0 Å². The van der Waals surface area contributed by atoms with E-state index in [9.17, 15) is 31.2 Å². The minimum atomic E-state index is -3.78. The van der Waals surface area contributed by atoms with Gasteiger partial charge in [0, 0.05) is 18.7 Å². The van der Waals surface area contributed by atoms with E-state index in [1.54, 1.807) is 13.8 Å². The Kier molecular flexibility index (Phi) is 7.57. The first-order chi connectivity index (χ1) is 14.1. The Balaban J connectivity index is 2.07. The zero-order valence-corrected chi connectivity index (χ0v) is 17.0. The maximum absolute atomic E-state index is 13.6. The highest BCUT2D eigenvalue weighted by molar-refractivity contribution is 7.89. The molecule has 2 N–H and O–H groups in total. The molecule has 0 aromatic heterocycles.